The van der Waals surface area contributed by atoms with Crippen molar-refractivity contribution in [3.8, 4) is 22.5 Å². The zero-order valence-electron chi connectivity index (χ0n) is 24.2. The Morgan fingerprint density at radius 3 is 2.42 bits per heavy atom. The molecule has 0 saturated carbocycles. The Morgan fingerprint density at radius 2 is 1.70 bits per heavy atom. The number of aryl methyl sites for hydroxylation is 1. The molecular weight excluding hydrogens is 536 g/mol. The molecule has 0 atom stereocenters. The fraction of sp³-hybridized carbons (Fsp3) is 0.171. The van der Waals surface area contributed by atoms with Gasteiger partial charge in [-0.15, -0.1) is 10.2 Å². The molecule has 0 radical (unpaired) electrons. The maximum atomic E-state index is 12.8. The molecule has 0 unspecified atom stereocenters. The molecule has 8 nitrogen and oxygen atoms in total. The predicted molar refractivity (Wildman–Crippen MR) is 169 cm³/mol. The number of ether oxygens (including phenoxy) is 1. The molecule has 0 spiro atoms. The number of tetrazole rings is 1. The van der Waals surface area contributed by atoms with Crippen molar-refractivity contribution in [3.63, 3.8) is 0 Å². The van der Waals surface area contributed by atoms with Crippen LogP contribution >= 0.6 is 0 Å². The minimum Gasteiger partial charge on any atom is -0.465 e. The highest BCUT2D eigenvalue weighted by atomic mass is 16.5. The number of carbonyl (C=O) groups excluding carboxylic acids is 1. The lowest BCUT2D eigenvalue weighted by Crippen LogP contribution is -2.07. The number of aromatic amines is 1. The number of aromatic nitrogens is 6. The van der Waals surface area contributed by atoms with Crippen molar-refractivity contribution in [1.29, 1.82) is 0 Å². The van der Waals surface area contributed by atoms with Crippen molar-refractivity contribution in [2.24, 2.45) is 0 Å². The molecule has 6 rings (SSSR count). The van der Waals surface area contributed by atoms with Crippen LogP contribution in [0.4, 0.5) is 0 Å². The molecular formula is C35H32N6O2. The third-order valence-corrected chi connectivity index (χ3v) is 7.53. The van der Waals surface area contributed by atoms with E-state index in [-0.39, 0.29) is 5.97 Å². The Morgan fingerprint density at radius 1 is 0.930 bits per heavy atom. The summed E-state index contributed by atoms with van der Waals surface area (Å²) in [6.45, 7) is 2.84. The van der Waals surface area contributed by atoms with E-state index in [1.165, 1.54) is 7.11 Å². The van der Waals surface area contributed by atoms with Crippen LogP contribution in [0.15, 0.2) is 91.0 Å². The number of H-pyrrole nitrogens is 1. The monoisotopic (exact) mass is 568 g/mol. The molecule has 4 aromatic carbocycles. The van der Waals surface area contributed by atoms with Gasteiger partial charge in [-0.3, -0.25) is 0 Å². The first kappa shape index (κ1) is 27.8. The van der Waals surface area contributed by atoms with Crippen LogP contribution in [0.3, 0.4) is 0 Å². The number of imidazole rings is 1. The Labute approximate surface area is 250 Å². The van der Waals surface area contributed by atoms with Gasteiger partial charge in [0.25, 0.3) is 0 Å². The number of fused-ring (bicyclic) bond motifs is 1. The second kappa shape index (κ2) is 12.7. The standard InChI is InChI=1S/C35H32N6O2/c1-3-4-14-33-36-31-22-30(35(42)43-2)27(20-15-24-10-6-5-7-11-24)21-32(31)41(33)23-25-16-18-26(19-17-25)28-12-8-9-13-29(28)34-37-39-40-38-34/h5-13,15-22H,3-4,14,23H2,1-2H3,(H,37,38,39,40)/b20-15+. The lowest BCUT2D eigenvalue weighted by atomic mass is 9.98. The third kappa shape index (κ3) is 5.99. The molecule has 0 saturated heterocycles. The van der Waals surface area contributed by atoms with Crippen LogP contribution in [0.2, 0.25) is 0 Å². The van der Waals surface area contributed by atoms with E-state index in [4.69, 9.17) is 9.72 Å². The molecule has 1 N–H and O–H groups in total. The summed E-state index contributed by atoms with van der Waals surface area (Å²) in [5.41, 5.74) is 8.29. The first-order chi connectivity index (χ1) is 21.1. The zero-order chi connectivity index (χ0) is 29.6. The summed E-state index contributed by atoms with van der Waals surface area (Å²) in [6, 6.07) is 30.6. The Balaban J connectivity index is 1.38. The van der Waals surface area contributed by atoms with Crippen molar-refractivity contribution in [2.75, 3.05) is 7.11 Å². The highest BCUT2D eigenvalue weighted by molar-refractivity contribution is 5.99. The fourth-order valence-electron chi connectivity index (χ4n) is 5.29. The third-order valence-electron chi connectivity index (χ3n) is 7.53. The number of benzene rings is 4. The number of methoxy groups -OCH3 is 1. The van der Waals surface area contributed by atoms with Gasteiger partial charge in [0.2, 0.25) is 5.82 Å². The van der Waals surface area contributed by atoms with Crippen LogP contribution in [0.5, 0.6) is 0 Å². The van der Waals surface area contributed by atoms with Crippen LogP contribution in [-0.2, 0) is 17.7 Å². The number of rotatable bonds is 10. The summed E-state index contributed by atoms with van der Waals surface area (Å²) in [4.78, 5) is 17.8. The van der Waals surface area contributed by atoms with E-state index in [1.54, 1.807) is 0 Å². The second-order valence-corrected chi connectivity index (χ2v) is 10.4. The van der Waals surface area contributed by atoms with E-state index in [9.17, 15) is 4.79 Å². The minimum atomic E-state index is -0.379. The molecule has 2 heterocycles. The average Bonchev–Trinajstić information content (AvgIpc) is 3.71. The van der Waals surface area contributed by atoms with Crippen molar-refractivity contribution >= 4 is 29.2 Å². The maximum absolute atomic E-state index is 12.8. The van der Waals surface area contributed by atoms with Gasteiger partial charge < -0.3 is 9.30 Å². The van der Waals surface area contributed by atoms with Crippen molar-refractivity contribution < 1.29 is 9.53 Å². The van der Waals surface area contributed by atoms with Gasteiger partial charge in [0.1, 0.15) is 5.82 Å². The van der Waals surface area contributed by atoms with Gasteiger partial charge in [-0.2, -0.15) is 5.21 Å². The molecule has 0 aliphatic rings. The van der Waals surface area contributed by atoms with Crippen LogP contribution in [0.25, 0.3) is 45.7 Å². The van der Waals surface area contributed by atoms with E-state index >= 15 is 0 Å². The second-order valence-electron chi connectivity index (χ2n) is 10.4. The highest BCUT2D eigenvalue weighted by Gasteiger charge is 2.18. The number of carbonyl (C=O) groups is 1. The van der Waals surface area contributed by atoms with E-state index in [0.717, 1.165) is 69.5 Å². The fourth-order valence-corrected chi connectivity index (χ4v) is 5.29. The quantitative estimate of drug-likeness (QED) is 0.138. The molecule has 0 aliphatic carbocycles. The number of esters is 1. The SMILES string of the molecule is CCCCc1nc2cc(C(=O)OC)c(/C=C/c3ccccc3)cc2n1Cc1ccc(-c2ccccc2-c2nn[nH]n2)cc1. The highest BCUT2D eigenvalue weighted by Crippen LogP contribution is 2.31. The van der Waals surface area contributed by atoms with Gasteiger partial charge in [0.05, 0.1) is 23.7 Å². The Bertz CT molecular complexity index is 1870. The van der Waals surface area contributed by atoms with Gasteiger partial charge in [-0.25, -0.2) is 9.78 Å². The molecule has 2 aromatic heterocycles. The smallest absolute Gasteiger partial charge is 0.338 e. The first-order valence-corrected chi connectivity index (χ1v) is 14.4. The summed E-state index contributed by atoms with van der Waals surface area (Å²) in [7, 11) is 1.41. The number of unbranched alkanes of at least 4 members (excludes halogenated alkanes) is 1. The number of nitrogens with one attached hydrogen (secondary N) is 1. The Kier molecular flexibility index (Phi) is 8.17. The molecule has 0 amide bonds. The van der Waals surface area contributed by atoms with E-state index < -0.39 is 0 Å². The lowest BCUT2D eigenvalue weighted by molar-refractivity contribution is 0.0600. The largest absolute Gasteiger partial charge is 0.465 e. The minimum absolute atomic E-state index is 0.379. The van der Waals surface area contributed by atoms with Gasteiger partial charge >= 0.3 is 5.97 Å². The maximum Gasteiger partial charge on any atom is 0.338 e. The van der Waals surface area contributed by atoms with Gasteiger partial charge in [0.15, 0.2) is 0 Å². The number of nitrogens with zero attached hydrogens (tertiary/aromatic N) is 5. The number of hydrogen-bond acceptors (Lipinski definition) is 6. The van der Waals surface area contributed by atoms with Crippen molar-refractivity contribution in [3.05, 3.63) is 119 Å². The summed E-state index contributed by atoms with van der Waals surface area (Å²) < 4.78 is 7.41. The van der Waals surface area contributed by atoms with Crippen LogP contribution in [-0.4, -0.2) is 43.3 Å². The predicted octanol–water partition coefficient (Wildman–Crippen LogP) is 7.23. The van der Waals surface area contributed by atoms with Gasteiger partial charge in [-0.1, -0.05) is 104 Å². The van der Waals surface area contributed by atoms with Crippen LogP contribution < -0.4 is 0 Å². The van der Waals surface area contributed by atoms with Crippen LogP contribution in [0.1, 0.15) is 52.6 Å². The molecule has 6 aromatic rings. The van der Waals surface area contributed by atoms with E-state index in [0.29, 0.717) is 17.9 Å². The molecule has 0 bridgehead atoms. The number of hydrogen-bond donors (Lipinski definition) is 1. The van der Waals surface area contributed by atoms with E-state index in [1.807, 2.05) is 66.7 Å². The lowest BCUT2D eigenvalue weighted by Gasteiger charge is -2.12. The van der Waals surface area contributed by atoms with E-state index in [2.05, 4.69) is 68.5 Å². The Hall–Kier alpha value is -5.37. The normalized spacial score (nSPS) is 11.4. The van der Waals surface area contributed by atoms with Gasteiger partial charge in [0, 0.05) is 18.5 Å². The molecule has 0 fully saturated rings. The summed E-state index contributed by atoms with van der Waals surface area (Å²) in [5, 5.41) is 14.6. The molecule has 8 heteroatoms. The topological polar surface area (TPSA) is 98.6 Å². The van der Waals surface area contributed by atoms with Crippen molar-refractivity contribution in [2.45, 2.75) is 32.7 Å². The molecule has 43 heavy (non-hydrogen) atoms. The molecule has 0 aliphatic heterocycles. The first-order valence-electron chi connectivity index (χ1n) is 14.4. The summed E-state index contributed by atoms with van der Waals surface area (Å²) in [5.74, 6) is 1.19. The van der Waals surface area contributed by atoms with Gasteiger partial charge in [-0.05, 0) is 51.6 Å². The summed E-state index contributed by atoms with van der Waals surface area (Å²) >= 11 is 0. The van der Waals surface area contributed by atoms with Crippen molar-refractivity contribution in [1.82, 2.24) is 30.2 Å². The zero-order valence-corrected chi connectivity index (χ0v) is 24.2. The molecule has 214 valence electrons. The summed E-state index contributed by atoms with van der Waals surface area (Å²) in [6.07, 6.45) is 6.93. The van der Waals surface area contributed by atoms with Crippen LogP contribution in [0, 0.1) is 0 Å². The average molecular weight is 569 g/mol.